The zero-order valence-electron chi connectivity index (χ0n) is 12.1. The molecule has 1 aromatic carbocycles. The standard InChI is InChI=1S/C16H21NO2.ClH/c1-14-11-15(2)13-16(12-14)19-8-4-3-5-17-6-9-18-10-7-17;/h11-13H,5-10H2,1-2H3;1H. The fraction of sp³-hybridized carbons (Fsp3) is 0.500. The smallest absolute Gasteiger partial charge is 0.149 e. The maximum absolute atomic E-state index is 5.64. The van der Waals surface area contributed by atoms with Gasteiger partial charge in [0.25, 0.3) is 0 Å². The Morgan fingerprint density at radius 2 is 1.75 bits per heavy atom. The molecule has 1 fully saturated rings. The molecule has 110 valence electrons. The van der Waals surface area contributed by atoms with E-state index in [4.69, 9.17) is 9.47 Å². The third-order valence-corrected chi connectivity index (χ3v) is 3.04. The van der Waals surface area contributed by atoms with Crippen LogP contribution in [0.4, 0.5) is 0 Å². The molecule has 0 bridgehead atoms. The minimum Gasteiger partial charge on any atom is -0.481 e. The largest absolute Gasteiger partial charge is 0.481 e. The van der Waals surface area contributed by atoms with Gasteiger partial charge in [0.15, 0.2) is 0 Å². The van der Waals surface area contributed by atoms with Crippen LogP contribution in [0.5, 0.6) is 5.75 Å². The lowest BCUT2D eigenvalue weighted by molar-refractivity contribution is 0.0443. The van der Waals surface area contributed by atoms with Crippen molar-refractivity contribution in [2.45, 2.75) is 13.8 Å². The van der Waals surface area contributed by atoms with Crippen molar-refractivity contribution < 1.29 is 9.47 Å². The first-order valence-corrected chi connectivity index (χ1v) is 6.71. The van der Waals surface area contributed by atoms with E-state index in [1.54, 1.807) is 0 Å². The van der Waals surface area contributed by atoms with Gasteiger partial charge in [-0.2, -0.15) is 0 Å². The van der Waals surface area contributed by atoms with E-state index >= 15 is 0 Å². The summed E-state index contributed by atoms with van der Waals surface area (Å²) in [4.78, 5) is 2.30. The van der Waals surface area contributed by atoms with Crippen LogP contribution in [0.1, 0.15) is 11.1 Å². The Morgan fingerprint density at radius 3 is 2.40 bits per heavy atom. The van der Waals surface area contributed by atoms with Gasteiger partial charge in [-0.05, 0) is 37.1 Å². The van der Waals surface area contributed by atoms with Gasteiger partial charge in [0.1, 0.15) is 12.4 Å². The summed E-state index contributed by atoms with van der Waals surface area (Å²) < 4.78 is 10.9. The molecular formula is C16H22ClNO2. The lowest BCUT2D eigenvalue weighted by Crippen LogP contribution is -2.36. The van der Waals surface area contributed by atoms with Crippen LogP contribution in [0.2, 0.25) is 0 Å². The van der Waals surface area contributed by atoms with Crippen LogP contribution >= 0.6 is 12.4 Å². The van der Waals surface area contributed by atoms with Gasteiger partial charge in [-0.25, -0.2) is 0 Å². The highest BCUT2D eigenvalue weighted by Gasteiger charge is 2.07. The lowest BCUT2D eigenvalue weighted by atomic mass is 10.1. The molecule has 3 nitrogen and oxygen atoms in total. The summed E-state index contributed by atoms with van der Waals surface area (Å²) in [5.74, 6) is 7.12. The molecule has 1 saturated heterocycles. The average Bonchev–Trinajstić information content (AvgIpc) is 2.38. The first-order valence-electron chi connectivity index (χ1n) is 6.71. The number of morpholine rings is 1. The van der Waals surface area contributed by atoms with Gasteiger partial charge in [-0.3, -0.25) is 4.90 Å². The Hall–Kier alpha value is -1.21. The molecule has 2 rings (SSSR count). The number of aryl methyl sites for hydroxylation is 2. The molecule has 0 saturated carbocycles. The molecule has 0 radical (unpaired) electrons. The Labute approximate surface area is 127 Å². The van der Waals surface area contributed by atoms with Gasteiger partial charge in [0.2, 0.25) is 0 Å². The molecule has 0 N–H and O–H groups in total. The number of rotatable bonds is 3. The molecule has 1 aromatic rings. The van der Waals surface area contributed by atoms with Crippen molar-refractivity contribution >= 4 is 12.4 Å². The number of nitrogens with zero attached hydrogens (tertiary/aromatic N) is 1. The number of hydrogen-bond donors (Lipinski definition) is 0. The fourth-order valence-electron chi connectivity index (χ4n) is 2.11. The highest BCUT2D eigenvalue weighted by atomic mass is 35.5. The van der Waals surface area contributed by atoms with E-state index in [0.29, 0.717) is 6.61 Å². The first-order chi connectivity index (χ1) is 9.24. The zero-order chi connectivity index (χ0) is 13.5. The van der Waals surface area contributed by atoms with Crippen molar-refractivity contribution in [3.63, 3.8) is 0 Å². The second kappa shape index (κ2) is 8.86. The molecule has 0 amide bonds. The molecule has 0 spiro atoms. The van der Waals surface area contributed by atoms with Crippen LogP contribution < -0.4 is 4.74 Å². The summed E-state index contributed by atoms with van der Waals surface area (Å²) in [7, 11) is 0. The lowest BCUT2D eigenvalue weighted by Gasteiger charge is -2.24. The van der Waals surface area contributed by atoms with Gasteiger partial charge < -0.3 is 9.47 Å². The third-order valence-electron chi connectivity index (χ3n) is 3.04. The van der Waals surface area contributed by atoms with E-state index < -0.39 is 0 Å². The second-order valence-electron chi connectivity index (χ2n) is 4.85. The van der Waals surface area contributed by atoms with E-state index in [1.807, 2.05) is 12.1 Å². The van der Waals surface area contributed by atoms with Gasteiger partial charge in [-0.15, -0.1) is 12.4 Å². The normalized spacial score (nSPS) is 14.9. The maximum Gasteiger partial charge on any atom is 0.149 e. The van der Waals surface area contributed by atoms with E-state index in [9.17, 15) is 0 Å². The quantitative estimate of drug-likeness (QED) is 0.800. The molecule has 1 heterocycles. The van der Waals surface area contributed by atoms with Crippen LogP contribution in [0.3, 0.4) is 0 Å². The third kappa shape index (κ3) is 5.83. The van der Waals surface area contributed by atoms with Crippen molar-refractivity contribution in [3.05, 3.63) is 29.3 Å². The molecule has 0 unspecified atom stereocenters. The Balaban J connectivity index is 0.00000200. The van der Waals surface area contributed by atoms with Crippen molar-refractivity contribution in [1.82, 2.24) is 4.90 Å². The Morgan fingerprint density at radius 1 is 1.10 bits per heavy atom. The fourth-order valence-corrected chi connectivity index (χ4v) is 2.11. The highest BCUT2D eigenvalue weighted by Crippen LogP contribution is 2.15. The summed E-state index contributed by atoms with van der Waals surface area (Å²) >= 11 is 0. The van der Waals surface area contributed by atoms with Crippen LogP contribution in [0.25, 0.3) is 0 Å². The molecule has 0 aliphatic carbocycles. The summed E-state index contributed by atoms with van der Waals surface area (Å²) in [6.45, 7) is 9.00. The zero-order valence-corrected chi connectivity index (χ0v) is 13.0. The van der Waals surface area contributed by atoms with Crippen LogP contribution in [-0.4, -0.2) is 44.4 Å². The van der Waals surface area contributed by atoms with Crippen molar-refractivity contribution in [1.29, 1.82) is 0 Å². The van der Waals surface area contributed by atoms with Crippen LogP contribution in [0.15, 0.2) is 18.2 Å². The van der Waals surface area contributed by atoms with Crippen LogP contribution in [0, 0.1) is 25.7 Å². The monoisotopic (exact) mass is 295 g/mol. The van der Waals surface area contributed by atoms with E-state index in [2.05, 4.69) is 36.7 Å². The summed E-state index contributed by atoms with van der Waals surface area (Å²) in [6, 6.07) is 6.21. The van der Waals surface area contributed by atoms with Gasteiger partial charge in [-0.1, -0.05) is 17.9 Å². The molecule has 1 aliphatic rings. The number of ether oxygens (including phenoxy) is 2. The average molecular weight is 296 g/mol. The van der Waals surface area contributed by atoms with Gasteiger partial charge in [0, 0.05) is 13.1 Å². The maximum atomic E-state index is 5.64. The van der Waals surface area contributed by atoms with Gasteiger partial charge >= 0.3 is 0 Å². The predicted molar refractivity (Wildman–Crippen MR) is 83.7 cm³/mol. The van der Waals surface area contributed by atoms with Crippen molar-refractivity contribution in [2.75, 3.05) is 39.5 Å². The molecule has 0 atom stereocenters. The topological polar surface area (TPSA) is 21.7 Å². The number of hydrogen-bond acceptors (Lipinski definition) is 3. The first kappa shape index (κ1) is 16.8. The predicted octanol–water partition coefficient (Wildman–Crippen LogP) is 2.44. The minimum absolute atomic E-state index is 0. The SMILES string of the molecule is Cc1cc(C)cc(OCC#CCN2CCOCC2)c1.Cl. The minimum atomic E-state index is 0. The summed E-state index contributed by atoms with van der Waals surface area (Å²) in [5.41, 5.74) is 2.44. The van der Waals surface area contributed by atoms with E-state index in [-0.39, 0.29) is 12.4 Å². The highest BCUT2D eigenvalue weighted by molar-refractivity contribution is 5.85. The number of benzene rings is 1. The van der Waals surface area contributed by atoms with Crippen LogP contribution in [-0.2, 0) is 4.74 Å². The Bertz CT molecular complexity index is 453. The molecule has 20 heavy (non-hydrogen) atoms. The van der Waals surface area contributed by atoms with E-state index in [0.717, 1.165) is 38.6 Å². The van der Waals surface area contributed by atoms with Crippen molar-refractivity contribution in [3.8, 4) is 17.6 Å². The molecule has 4 heteroatoms. The second-order valence-corrected chi connectivity index (χ2v) is 4.85. The van der Waals surface area contributed by atoms with Gasteiger partial charge in [0.05, 0.1) is 19.8 Å². The Kier molecular flexibility index (Phi) is 7.46. The number of halogens is 1. The summed E-state index contributed by atoms with van der Waals surface area (Å²) in [6.07, 6.45) is 0. The van der Waals surface area contributed by atoms with Crippen molar-refractivity contribution in [2.24, 2.45) is 0 Å². The summed E-state index contributed by atoms with van der Waals surface area (Å²) in [5, 5.41) is 0. The molecule has 1 aliphatic heterocycles. The molecule has 0 aromatic heterocycles. The molecular weight excluding hydrogens is 274 g/mol. The van der Waals surface area contributed by atoms with E-state index in [1.165, 1.54) is 11.1 Å².